The lowest BCUT2D eigenvalue weighted by atomic mass is 10.1. The second-order valence-electron chi connectivity index (χ2n) is 6.00. The highest BCUT2D eigenvalue weighted by atomic mass is 35.5. The van der Waals surface area contributed by atoms with E-state index in [0.717, 1.165) is 5.56 Å². The van der Waals surface area contributed by atoms with Crippen LogP contribution in [0.5, 0.6) is 0 Å². The number of rotatable bonds is 6. The Morgan fingerprint density at radius 1 is 1.27 bits per heavy atom. The number of hydrogen-bond acceptors (Lipinski definition) is 2. The van der Waals surface area contributed by atoms with E-state index in [2.05, 4.69) is 10.3 Å². The van der Waals surface area contributed by atoms with Crippen LogP contribution in [-0.4, -0.2) is 15.5 Å². The van der Waals surface area contributed by atoms with Crippen molar-refractivity contribution in [3.63, 3.8) is 0 Å². The van der Waals surface area contributed by atoms with E-state index in [1.54, 1.807) is 35.2 Å². The predicted octanol–water partition coefficient (Wildman–Crippen LogP) is 4.22. The van der Waals surface area contributed by atoms with Crippen molar-refractivity contribution in [2.24, 2.45) is 0 Å². The highest BCUT2D eigenvalue weighted by Gasteiger charge is 2.09. The van der Waals surface area contributed by atoms with Crippen LogP contribution in [0, 0.1) is 12.7 Å². The van der Waals surface area contributed by atoms with Gasteiger partial charge >= 0.3 is 0 Å². The first-order valence-corrected chi connectivity index (χ1v) is 8.71. The second kappa shape index (κ2) is 8.15. The SMILES string of the molecule is Cc1nccn1-c1ccc(CNC(=O)CCc2ccccc2Cl)cc1F. The number of imidazole rings is 1. The number of amides is 1. The van der Waals surface area contributed by atoms with Gasteiger partial charge in [0.2, 0.25) is 5.91 Å². The maximum absolute atomic E-state index is 14.4. The third-order valence-electron chi connectivity index (χ3n) is 4.17. The van der Waals surface area contributed by atoms with E-state index in [-0.39, 0.29) is 18.3 Å². The normalized spacial score (nSPS) is 10.7. The van der Waals surface area contributed by atoms with Crippen LogP contribution in [-0.2, 0) is 17.8 Å². The van der Waals surface area contributed by atoms with Crippen LogP contribution in [0.3, 0.4) is 0 Å². The van der Waals surface area contributed by atoms with Crippen molar-refractivity contribution in [3.05, 3.63) is 82.6 Å². The average Bonchev–Trinajstić information content (AvgIpc) is 3.05. The summed E-state index contributed by atoms with van der Waals surface area (Å²) in [4.78, 5) is 16.1. The summed E-state index contributed by atoms with van der Waals surface area (Å²) in [6.45, 7) is 2.09. The maximum atomic E-state index is 14.4. The van der Waals surface area contributed by atoms with Gasteiger partial charge in [0.25, 0.3) is 0 Å². The van der Waals surface area contributed by atoms with Crippen LogP contribution in [0.2, 0.25) is 5.02 Å². The van der Waals surface area contributed by atoms with E-state index in [1.165, 1.54) is 6.07 Å². The largest absolute Gasteiger partial charge is 0.352 e. The molecular weight excluding hydrogens is 353 g/mol. The number of nitrogens with zero attached hydrogens (tertiary/aromatic N) is 2. The van der Waals surface area contributed by atoms with E-state index in [0.29, 0.717) is 34.9 Å². The van der Waals surface area contributed by atoms with Gasteiger partial charge in [0, 0.05) is 30.4 Å². The topological polar surface area (TPSA) is 46.9 Å². The number of carbonyl (C=O) groups is 1. The standard InChI is InChI=1S/C20H19ClFN3O/c1-14-23-10-11-25(14)19-8-6-15(12-18(19)22)13-24-20(26)9-7-16-4-2-3-5-17(16)21/h2-6,8,10-12H,7,9,13H2,1H3,(H,24,26). The third-order valence-corrected chi connectivity index (χ3v) is 4.54. The Hall–Kier alpha value is -2.66. The Labute approximate surface area is 156 Å². The van der Waals surface area contributed by atoms with Gasteiger partial charge in [0.05, 0.1) is 5.69 Å². The monoisotopic (exact) mass is 371 g/mol. The van der Waals surface area contributed by atoms with Gasteiger partial charge in [0.1, 0.15) is 11.6 Å². The number of nitrogens with one attached hydrogen (secondary N) is 1. The molecule has 0 spiro atoms. The molecule has 134 valence electrons. The second-order valence-corrected chi connectivity index (χ2v) is 6.41. The number of benzene rings is 2. The first kappa shape index (κ1) is 18.1. The van der Waals surface area contributed by atoms with Gasteiger partial charge in [-0.25, -0.2) is 9.37 Å². The summed E-state index contributed by atoms with van der Waals surface area (Å²) in [7, 11) is 0. The number of hydrogen-bond donors (Lipinski definition) is 1. The van der Waals surface area contributed by atoms with E-state index in [1.807, 2.05) is 25.1 Å². The lowest BCUT2D eigenvalue weighted by Crippen LogP contribution is -2.23. The van der Waals surface area contributed by atoms with E-state index < -0.39 is 0 Å². The molecular formula is C20H19ClFN3O. The van der Waals surface area contributed by atoms with Crippen LogP contribution >= 0.6 is 11.6 Å². The summed E-state index contributed by atoms with van der Waals surface area (Å²) >= 11 is 6.09. The van der Waals surface area contributed by atoms with Crippen molar-refractivity contribution < 1.29 is 9.18 Å². The van der Waals surface area contributed by atoms with Crippen molar-refractivity contribution in [2.75, 3.05) is 0 Å². The quantitative estimate of drug-likeness (QED) is 0.705. The molecule has 0 atom stereocenters. The molecule has 0 saturated heterocycles. The van der Waals surface area contributed by atoms with Gasteiger partial charge in [-0.2, -0.15) is 0 Å². The zero-order valence-corrected chi connectivity index (χ0v) is 15.1. The molecule has 3 rings (SSSR count). The smallest absolute Gasteiger partial charge is 0.220 e. The van der Waals surface area contributed by atoms with E-state index >= 15 is 0 Å². The van der Waals surface area contributed by atoms with Gasteiger partial charge in [-0.05, 0) is 42.7 Å². The molecule has 3 aromatic rings. The Kier molecular flexibility index (Phi) is 5.68. The summed E-state index contributed by atoms with van der Waals surface area (Å²) in [5, 5.41) is 3.47. The lowest BCUT2D eigenvalue weighted by Gasteiger charge is -2.10. The maximum Gasteiger partial charge on any atom is 0.220 e. The van der Waals surface area contributed by atoms with Crippen LogP contribution in [0.15, 0.2) is 54.9 Å². The molecule has 0 saturated carbocycles. The van der Waals surface area contributed by atoms with Crippen LogP contribution in [0.25, 0.3) is 5.69 Å². The van der Waals surface area contributed by atoms with E-state index in [9.17, 15) is 9.18 Å². The summed E-state index contributed by atoms with van der Waals surface area (Å²) in [6.07, 6.45) is 4.24. The molecule has 26 heavy (non-hydrogen) atoms. The molecule has 0 radical (unpaired) electrons. The lowest BCUT2D eigenvalue weighted by molar-refractivity contribution is -0.121. The molecule has 6 heteroatoms. The molecule has 4 nitrogen and oxygen atoms in total. The first-order chi connectivity index (χ1) is 12.5. The summed E-state index contributed by atoms with van der Waals surface area (Å²) < 4.78 is 16.0. The zero-order chi connectivity index (χ0) is 18.5. The average molecular weight is 372 g/mol. The number of aromatic nitrogens is 2. The third kappa shape index (κ3) is 4.29. The molecule has 0 aliphatic rings. The van der Waals surface area contributed by atoms with Crippen LogP contribution in [0.1, 0.15) is 23.4 Å². The Morgan fingerprint density at radius 2 is 2.08 bits per heavy atom. The van der Waals surface area contributed by atoms with Crippen molar-refractivity contribution in [2.45, 2.75) is 26.3 Å². The molecule has 0 aliphatic carbocycles. The minimum atomic E-state index is -0.353. The number of aryl methyl sites for hydroxylation is 2. The number of halogens is 2. The van der Waals surface area contributed by atoms with Gasteiger partial charge in [-0.1, -0.05) is 35.9 Å². The Bertz CT molecular complexity index is 923. The van der Waals surface area contributed by atoms with Gasteiger partial charge in [0.15, 0.2) is 0 Å². The fourth-order valence-corrected chi connectivity index (χ4v) is 2.96. The molecule has 0 bridgehead atoms. The first-order valence-electron chi connectivity index (χ1n) is 8.33. The predicted molar refractivity (Wildman–Crippen MR) is 99.9 cm³/mol. The molecule has 1 amide bonds. The van der Waals surface area contributed by atoms with Gasteiger partial charge in [-0.15, -0.1) is 0 Å². The molecule has 2 aromatic carbocycles. The van der Waals surface area contributed by atoms with Gasteiger partial charge in [-0.3, -0.25) is 4.79 Å². The summed E-state index contributed by atoms with van der Waals surface area (Å²) in [6, 6.07) is 12.4. The van der Waals surface area contributed by atoms with Crippen molar-refractivity contribution in [1.82, 2.24) is 14.9 Å². The van der Waals surface area contributed by atoms with Crippen LogP contribution in [0.4, 0.5) is 4.39 Å². The van der Waals surface area contributed by atoms with Crippen LogP contribution < -0.4 is 5.32 Å². The summed E-state index contributed by atoms with van der Waals surface area (Å²) in [5.74, 6) is 0.262. The Morgan fingerprint density at radius 3 is 2.77 bits per heavy atom. The Balaban J connectivity index is 1.56. The molecule has 1 heterocycles. The zero-order valence-electron chi connectivity index (χ0n) is 14.4. The van der Waals surface area contributed by atoms with Gasteiger partial charge < -0.3 is 9.88 Å². The summed E-state index contributed by atoms with van der Waals surface area (Å²) in [5.41, 5.74) is 2.08. The number of carbonyl (C=O) groups excluding carboxylic acids is 1. The fourth-order valence-electron chi connectivity index (χ4n) is 2.73. The highest BCUT2D eigenvalue weighted by Crippen LogP contribution is 2.18. The van der Waals surface area contributed by atoms with Crippen molar-refractivity contribution in [3.8, 4) is 5.69 Å². The minimum Gasteiger partial charge on any atom is -0.352 e. The molecule has 0 fully saturated rings. The van der Waals surface area contributed by atoms with Crippen molar-refractivity contribution >= 4 is 17.5 Å². The molecule has 1 aromatic heterocycles. The van der Waals surface area contributed by atoms with Crippen molar-refractivity contribution in [1.29, 1.82) is 0 Å². The molecule has 1 N–H and O–H groups in total. The fraction of sp³-hybridized carbons (Fsp3) is 0.200. The molecule has 0 aliphatic heterocycles. The minimum absolute atomic E-state index is 0.0974. The highest BCUT2D eigenvalue weighted by molar-refractivity contribution is 6.31. The van der Waals surface area contributed by atoms with E-state index in [4.69, 9.17) is 11.6 Å². The molecule has 0 unspecified atom stereocenters.